The molecule has 2 heterocycles. The highest BCUT2D eigenvalue weighted by molar-refractivity contribution is 7.09. The second-order valence-electron chi connectivity index (χ2n) is 5.58. The Morgan fingerprint density at radius 2 is 2.21 bits per heavy atom. The number of nitrogens with one attached hydrogen (secondary N) is 1. The molecule has 0 radical (unpaired) electrons. The Hall–Kier alpha value is -1.87. The monoisotopic (exact) mass is 362 g/mol. The first-order valence-corrected chi connectivity index (χ1v) is 8.03. The largest absolute Gasteiger partial charge is 0.469 e. The quantitative estimate of drug-likeness (QED) is 0.829. The molecular formula is C15H17F3N2O3S. The van der Waals surface area contributed by atoms with Crippen molar-refractivity contribution in [1.82, 2.24) is 10.3 Å². The zero-order valence-electron chi connectivity index (χ0n) is 13.1. The van der Waals surface area contributed by atoms with Crippen LogP contribution in [0.4, 0.5) is 13.2 Å². The van der Waals surface area contributed by atoms with Gasteiger partial charge >= 0.3 is 6.18 Å². The fraction of sp³-hybridized carbons (Fsp3) is 0.467. The topological polar surface area (TPSA) is 75.4 Å². The van der Waals surface area contributed by atoms with Gasteiger partial charge in [-0.15, -0.1) is 11.3 Å². The first-order chi connectivity index (χ1) is 11.1. The van der Waals surface area contributed by atoms with Crippen LogP contribution in [0.5, 0.6) is 0 Å². The zero-order valence-corrected chi connectivity index (χ0v) is 13.9. The number of carbonyl (C=O) groups excluding carboxylic acids is 1. The highest BCUT2D eigenvalue weighted by atomic mass is 32.1. The lowest BCUT2D eigenvalue weighted by molar-refractivity contribution is -0.267. The van der Waals surface area contributed by atoms with Crippen LogP contribution in [0.15, 0.2) is 28.2 Å². The van der Waals surface area contributed by atoms with Gasteiger partial charge in [0.2, 0.25) is 11.5 Å². The third kappa shape index (κ3) is 4.15. The summed E-state index contributed by atoms with van der Waals surface area (Å²) in [5.41, 5.74) is -2.95. The van der Waals surface area contributed by atoms with Crippen molar-refractivity contribution in [2.75, 3.05) is 0 Å². The third-order valence-corrected chi connectivity index (χ3v) is 4.46. The van der Waals surface area contributed by atoms with E-state index in [1.807, 2.05) is 0 Å². The fourth-order valence-electron chi connectivity index (χ4n) is 2.18. The van der Waals surface area contributed by atoms with Gasteiger partial charge in [0, 0.05) is 23.5 Å². The highest BCUT2D eigenvalue weighted by Crippen LogP contribution is 2.42. The molecule has 2 aromatic rings. The van der Waals surface area contributed by atoms with Crippen LogP contribution in [0.25, 0.3) is 0 Å². The number of hydrogen-bond acceptors (Lipinski definition) is 5. The number of hydrogen-bond donors (Lipinski definition) is 2. The van der Waals surface area contributed by atoms with Crippen molar-refractivity contribution in [3.05, 3.63) is 40.2 Å². The molecule has 0 saturated heterocycles. The first kappa shape index (κ1) is 18.5. The summed E-state index contributed by atoms with van der Waals surface area (Å²) >= 11 is 0.672. The van der Waals surface area contributed by atoms with Gasteiger partial charge < -0.3 is 14.8 Å². The molecule has 132 valence electrons. The molecule has 2 rings (SSSR count). The van der Waals surface area contributed by atoms with E-state index in [0.29, 0.717) is 29.2 Å². The molecule has 2 atom stereocenters. The van der Waals surface area contributed by atoms with Gasteiger partial charge in [0.15, 0.2) is 0 Å². The summed E-state index contributed by atoms with van der Waals surface area (Å²) in [5.74, 6) is -0.314. The van der Waals surface area contributed by atoms with Crippen LogP contribution in [0.2, 0.25) is 0 Å². The van der Waals surface area contributed by atoms with E-state index in [9.17, 15) is 23.1 Å². The number of rotatable bonds is 6. The van der Waals surface area contributed by atoms with Crippen LogP contribution >= 0.6 is 11.3 Å². The molecule has 0 fully saturated rings. The summed E-state index contributed by atoms with van der Waals surface area (Å²) in [4.78, 5) is 15.7. The summed E-state index contributed by atoms with van der Waals surface area (Å²) in [6.45, 7) is 3.16. The molecule has 2 aromatic heterocycles. The Bertz CT molecular complexity index is 684. The number of aromatic nitrogens is 1. The van der Waals surface area contributed by atoms with E-state index < -0.39 is 35.2 Å². The molecule has 0 aliphatic carbocycles. The molecule has 5 nitrogen and oxygen atoms in total. The molecule has 1 amide bonds. The maximum atomic E-state index is 13.3. The normalized spacial score (nSPS) is 15.8. The van der Waals surface area contributed by atoms with E-state index in [1.54, 1.807) is 19.1 Å². The van der Waals surface area contributed by atoms with Crippen molar-refractivity contribution in [3.8, 4) is 0 Å². The lowest BCUT2D eigenvalue weighted by Crippen LogP contribution is -2.47. The smallest absolute Gasteiger partial charge is 0.424 e. The molecule has 9 heteroatoms. The first-order valence-electron chi connectivity index (χ1n) is 7.15. The number of aryl methyl sites for hydroxylation is 1. The van der Waals surface area contributed by atoms with E-state index in [-0.39, 0.29) is 0 Å². The average molecular weight is 362 g/mol. The molecule has 0 aromatic carbocycles. The summed E-state index contributed by atoms with van der Waals surface area (Å²) in [6, 6.07) is 2.93. The Morgan fingerprint density at radius 3 is 2.71 bits per heavy atom. The highest BCUT2D eigenvalue weighted by Gasteiger charge is 2.58. The van der Waals surface area contributed by atoms with Gasteiger partial charge in [0.25, 0.3) is 0 Å². The van der Waals surface area contributed by atoms with Crippen molar-refractivity contribution >= 4 is 17.2 Å². The average Bonchev–Trinajstić information content (AvgIpc) is 3.08. The number of alkyl halides is 3. The minimum atomic E-state index is -5.01. The summed E-state index contributed by atoms with van der Waals surface area (Å²) in [5, 5.41) is 13.4. The van der Waals surface area contributed by atoms with Gasteiger partial charge in [-0.3, -0.25) is 4.79 Å². The van der Waals surface area contributed by atoms with E-state index in [0.717, 1.165) is 0 Å². The number of amides is 1. The predicted octanol–water partition coefficient (Wildman–Crippen LogP) is 2.93. The van der Waals surface area contributed by atoms with Gasteiger partial charge in [-0.25, -0.2) is 4.98 Å². The van der Waals surface area contributed by atoms with Crippen molar-refractivity contribution < 1.29 is 27.5 Å². The standard InChI is InChI=1S/C15H17F3N2O3S/c1-9(6-11-4-3-5-23-11)19-12(21)7-14(22,15(16,17)18)13-20-10(2)8-24-13/h3-5,8-9,22H,6-7H2,1-2H3,(H,19,21). The summed E-state index contributed by atoms with van der Waals surface area (Å²) in [6.07, 6.45) is -4.36. The Morgan fingerprint density at radius 1 is 1.50 bits per heavy atom. The molecular weight excluding hydrogens is 345 g/mol. The second kappa shape index (κ2) is 6.94. The van der Waals surface area contributed by atoms with Gasteiger partial charge in [-0.2, -0.15) is 13.2 Å². The molecule has 2 unspecified atom stereocenters. The number of furan rings is 1. The molecule has 0 bridgehead atoms. The van der Waals surface area contributed by atoms with Crippen LogP contribution in [-0.2, 0) is 16.8 Å². The lowest BCUT2D eigenvalue weighted by Gasteiger charge is -2.28. The molecule has 0 aliphatic heterocycles. The van der Waals surface area contributed by atoms with Crippen LogP contribution < -0.4 is 5.32 Å². The molecule has 0 aliphatic rings. The van der Waals surface area contributed by atoms with Gasteiger partial charge in [0.05, 0.1) is 12.7 Å². The number of carbonyl (C=O) groups is 1. The maximum absolute atomic E-state index is 13.3. The maximum Gasteiger partial charge on any atom is 0.424 e. The lowest BCUT2D eigenvalue weighted by atomic mass is 9.99. The molecule has 0 saturated carbocycles. The SMILES string of the molecule is Cc1csc(C(O)(CC(=O)NC(C)Cc2ccco2)C(F)(F)F)n1. The summed E-state index contributed by atoms with van der Waals surface area (Å²) < 4.78 is 45.1. The predicted molar refractivity (Wildman–Crippen MR) is 81.4 cm³/mol. The second-order valence-corrected chi connectivity index (χ2v) is 6.44. The molecule has 0 spiro atoms. The minimum Gasteiger partial charge on any atom is -0.469 e. The van der Waals surface area contributed by atoms with Crippen LogP contribution in [0.3, 0.4) is 0 Å². The van der Waals surface area contributed by atoms with Crippen LogP contribution in [0, 0.1) is 6.92 Å². The Balaban J connectivity index is 2.08. The number of nitrogens with zero attached hydrogens (tertiary/aromatic N) is 1. The Kier molecular flexibility index (Phi) is 5.34. The van der Waals surface area contributed by atoms with Crippen molar-refractivity contribution in [3.63, 3.8) is 0 Å². The minimum absolute atomic E-state index is 0.333. The van der Waals surface area contributed by atoms with Gasteiger partial charge in [-0.05, 0) is 26.0 Å². The van der Waals surface area contributed by atoms with Gasteiger partial charge in [-0.1, -0.05) is 0 Å². The number of aliphatic hydroxyl groups is 1. The Labute approximate surface area is 140 Å². The third-order valence-electron chi connectivity index (χ3n) is 3.35. The molecule has 2 N–H and O–H groups in total. The van der Waals surface area contributed by atoms with Gasteiger partial charge in [0.1, 0.15) is 10.8 Å². The number of thiazole rings is 1. The summed E-state index contributed by atoms with van der Waals surface area (Å²) in [7, 11) is 0. The van der Waals surface area contributed by atoms with Crippen molar-refractivity contribution in [2.45, 2.75) is 44.5 Å². The zero-order chi connectivity index (χ0) is 18.0. The van der Waals surface area contributed by atoms with E-state index in [4.69, 9.17) is 4.42 Å². The van der Waals surface area contributed by atoms with Crippen LogP contribution in [-0.4, -0.2) is 28.2 Å². The van der Waals surface area contributed by atoms with E-state index in [1.165, 1.54) is 18.6 Å². The van der Waals surface area contributed by atoms with E-state index >= 15 is 0 Å². The number of halogens is 3. The van der Waals surface area contributed by atoms with Crippen LogP contribution in [0.1, 0.15) is 29.8 Å². The molecule has 24 heavy (non-hydrogen) atoms. The fourth-order valence-corrected chi connectivity index (χ4v) is 3.10. The van der Waals surface area contributed by atoms with Crippen molar-refractivity contribution in [1.29, 1.82) is 0 Å². The van der Waals surface area contributed by atoms with Crippen molar-refractivity contribution in [2.24, 2.45) is 0 Å². The van der Waals surface area contributed by atoms with E-state index in [2.05, 4.69) is 10.3 Å².